The van der Waals surface area contributed by atoms with Gasteiger partial charge in [-0.1, -0.05) is 0 Å². The van der Waals surface area contributed by atoms with Crippen molar-refractivity contribution in [3.05, 3.63) is 34.9 Å². The molecule has 7 heteroatoms. The first-order valence-electron chi connectivity index (χ1n) is 6.21. The molecule has 0 aliphatic heterocycles. The fourth-order valence-corrected chi connectivity index (χ4v) is 1.81. The minimum absolute atomic E-state index is 0.260. The Bertz CT molecular complexity index is 642. The molecule has 2 rings (SSSR count). The summed E-state index contributed by atoms with van der Waals surface area (Å²) in [7, 11) is 0. The van der Waals surface area contributed by atoms with E-state index in [1.54, 1.807) is 33.0 Å². The number of aromatic amines is 2. The van der Waals surface area contributed by atoms with E-state index < -0.39 is 5.97 Å². The number of carbonyl (C=O) groups is 2. The van der Waals surface area contributed by atoms with E-state index in [0.717, 1.165) is 5.69 Å². The number of nitrogens with one attached hydrogen (secondary N) is 3. The molecule has 0 atom stereocenters. The molecule has 106 valence electrons. The van der Waals surface area contributed by atoms with Crippen LogP contribution in [-0.2, 0) is 4.74 Å². The number of amides is 1. The van der Waals surface area contributed by atoms with Crippen LogP contribution in [0.15, 0.2) is 12.3 Å². The predicted octanol–water partition coefficient (Wildman–Crippen LogP) is 1.78. The highest BCUT2D eigenvalue weighted by atomic mass is 16.5. The predicted molar refractivity (Wildman–Crippen MR) is 72.8 cm³/mol. The molecule has 0 saturated heterocycles. The largest absolute Gasteiger partial charge is 0.462 e. The van der Waals surface area contributed by atoms with Crippen molar-refractivity contribution in [2.24, 2.45) is 0 Å². The van der Waals surface area contributed by atoms with Gasteiger partial charge >= 0.3 is 5.97 Å². The molecular formula is C13H16N4O3. The molecule has 0 unspecified atom stereocenters. The molecule has 2 heterocycles. The van der Waals surface area contributed by atoms with Crippen LogP contribution in [0, 0.1) is 13.8 Å². The molecule has 0 spiro atoms. The van der Waals surface area contributed by atoms with Crippen molar-refractivity contribution < 1.29 is 14.3 Å². The Morgan fingerprint density at radius 3 is 2.75 bits per heavy atom. The second-order valence-corrected chi connectivity index (χ2v) is 4.31. The van der Waals surface area contributed by atoms with Gasteiger partial charge in [0, 0.05) is 17.6 Å². The van der Waals surface area contributed by atoms with E-state index in [-0.39, 0.29) is 18.2 Å². The molecule has 0 bridgehead atoms. The quantitative estimate of drug-likeness (QED) is 0.741. The molecule has 3 N–H and O–H groups in total. The number of esters is 1. The Kier molecular flexibility index (Phi) is 3.88. The summed E-state index contributed by atoms with van der Waals surface area (Å²) in [6.07, 6.45) is 1.55. The normalized spacial score (nSPS) is 10.3. The van der Waals surface area contributed by atoms with Crippen molar-refractivity contribution in [1.29, 1.82) is 0 Å². The van der Waals surface area contributed by atoms with Crippen LogP contribution in [0.1, 0.15) is 39.2 Å². The standard InChI is InChI=1S/C13H16N4O3/c1-4-20-13(19)11-8(3)14-6-10(11)15-12(18)9-5-7(2)16-17-9/h5-6,14H,4H2,1-3H3,(H,15,18)(H,16,17). The zero-order chi connectivity index (χ0) is 14.7. The van der Waals surface area contributed by atoms with E-state index in [1.165, 1.54) is 0 Å². The van der Waals surface area contributed by atoms with Crippen molar-refractivity contribution in [3.63, 3.8) is 0 Å². The number of hydrogen-bond donors (Lipinski definition) is 3. The number of ether oxygens (including phenoxy) is 1. The van der Waals surface area contributed by atoms with Crippen molar-refractivity contribution in [2.75, 3.05) is 11.9 Å². The van der Waals surface area contributed by atoms with Gasteiger partial charge in [0.05, 0.1) is 12.3 Å². The number of anilines is 1. The summed E-state index contributed by atoms with van der Waals surface area (Å²) in [6.45, 7) is 5.54. The lowest BCUT2D eigenvalue weighted by Crippen LogP contribution is -2.15. The van der Waals surface area contributed by atoms with Gasteiger partial charge in [-0.25, -0.2) is 4.79 Å². The number of aryl methyl sites for hydroxylation is 2. The highest BCUT2D eigenvalue weighted by Crippen LogP contribution is 2.21. The second-order valence-electron chi connectivity index (χ2n) is 4.31. The second kappa shape index (κ2) is 5.60. The molecule has 7 nitrogen and oxygen atoms in total. The van der Waals surface area contributed by atoms with Gasteiger partial charge in [-0.05, 0) is 26.8 Å². The number of rotatable bonds is 4. The third-order valence-corrected chi connectivity index (χ3v) is 2.74. The average Bonchev–Trinajstić information content (AvgIpc) is 2.96. The van der Waals surface area contributed by atoms with Crippen LogP contribution in [0.4, 0.5) is 5.69 Å². The summed E-state index contributed by atoms with van der Waals surface area (Å²) in [5.74, 6) is -0.862. The molecule has 20 heavy (non-hydrogen) atoms. The van der Waals surface area contributed by atoms with Crippen LogP contribution in [0.25, 0.3) is 0 Å². The molecule has 0 aliphatic carbocycles. The summed E-state index contributed by atoms with van der Waals surface area (Å²) >= 11 is 0. The highest BCUT2D eigenvalue weighted by Gasteiger charge is 2.20. The lowest BCUT2D eigenvalue weighted by molar-refractivity contribution is 0.0527. The van der Waals surface area contributed by atoms with Crippen molar-refractivity contribution in [3.8, 4) is 0 Å². The van der Waals surface area contributed by atoms with Gasteiger partial charge in [-0.3, -0.25) is 9.89 Å². The highest BCUT2D eigenvalue weighted by molar-refractivity contribution is 6.07. The molecule has 0 fully saturated rings. The fourth-order valence-electron chi connectivity index (χ4n) is 1.81. The lowest BCUT2D eigenvalue weighted by atomic mass is 10.2. The molecule has 0 aliphatic rings. The van der Waals surface area contributed by atoms with Gasteiger partial charge in [-0.15, -0.1) is 0 Å². The molecule has 0 aromatic carbocycles. The summed E-state index contributed by atoms with van der Waals surface area (Å²) in [4.78, 5) is 26.8. The molecular weight excluding hydrogens is 260 g/mol. The zero-order valence-corrected chi connectivity index (χ0v) is 11.5. The van der Waals surface area contributed by atoms with E-state index >= 15 is 0 Å². The minimum atomic E-state index is -0.472. The van der Waals surface area contributed by atoms with E-state index in [2.05, 4.69) is 20.5 Å². The summed E-state index contributed by atoms with van der Waals surface area (Å²) in [5.41, 5.74) is 2.39. The van der Waals surface area contributed by atoms with Crippen LogP contribution in [-0.4, -0.2) is 33.7 Å². The van der Waals surface area contributed by atoms with Gasteiger partial charge in [0.2, 0.25) is 0 Å². The third-order valence-electron chi connectivity index (χ3n) is 2.74. The molecule has 2 aromatic rings. The smallest absolute Gasteiger partial charge is 0.342 e. The van der Waals surface area contributed by atoms with Crippen molar-refractivity contribution in [2.45, 2.75) is 20.8 Å². The lowest BCUT2D eigenvalue weighted by Gasteiger charge is -2.05. The summed E-state index contributed by atoms with van der Waals surface area (Å²) < 4.78 is 4.97. The van der Waals surface area contributed by atoms with E-state index in [4.69, 9.17) is 4.74 Å². The van der Waals surface area contributed by atoms with Crippen LogP contribution < -0.4 is 5.32 Å². The van der Waals surface area contributed by atoms with Crippen LogP contribution >= 0.6 is 0 Å². The first-order valence-corrected chi connectivity index (χ1v) is 6.21. The monoisotopic (exact) mass is 276 g/mol. The summed E-state index contributed by atoms with van der Waals surface area (Å²) in [5, 5.41) is 9.20. The third kappa shape index (κ3) is 2.71. The van der Waals surface area contributed by atoms with Gasteiger partial charge in [0.15, 0.2) is 5.69 Å². The Balaban J connectivity index is 2.22. The van der Waals surface area contributed by atoms with Gasteiger partial charge in [0.25, 0.3) is 5.91 Å². The Hall–Kier alpha value is -2.57. The molecule has 1 amide bonds. The Morgan fingerprint density at radius 1 is 1.40 bits per heavy atom. The van der Waals surface area contributed by atoms with Crippen LogP contribution in [0.2, 0.25) is 0 Å². The van der Waals surface area contributed by atoms with Gasteiger partial charge in [-0.2, -0.15) is 5.10 Å². The Morgan fingerprint density at radius 2 is 2.15 bits per heavy atom. The SMILES string of the molecule is CCOC(=O)c1c(NC(=O)c2cc(C)[nH]n2)c[nH]c1C. The van der Waals surface area contributed by atoms with Crippen molar-refractivity contribution >= 4 is 17.6 Å². The summed E-state index contributed by atoms with van der Waals surface area (Å²) in [6, 6.07) is 1.62. The number of carbonyl (C=O) groups excluding carboxylic acids is 2. The Labute approximate surface area is 115 Å². The number of nitrogens with zero attached hydrogens (tertiary/aromatic N) is 1. The average molecular weight is 276 g/mol. The maximum Gasteiger partial charge on any atom is 0.342 e. The maximum atomic E-state index is 12.0. The fraction of sp³-hybridized carbons (Fsp3) is 0.308. The topological polar surface area (TPSA) is 99.9 Å². The van der Waals surface area contributed by atoms with Crippen LogP contribution in [0.5, 0.6) is 0 Å². The first kappa shape index (κ1) is 13.9. The van der Waals surface area contributed by atoms with Gasteiger partial charge in [0.1, 0.15) is 5.56 Å². The van der Waals surface area contributed by atoms with Crippen molar-refractivity contribution in [1.82, 2.24) is 15.2 Å². The zero-order valence-electron chi connectivity index (χ0n) is 11.5. The van der Waals surface area contributed by atoms with E-state index in [9.17, 15) is 9.59 Å². The minimum Gasteiger partial charge on any atom is -0.462 e. The van der Waals surface area contributed by atoms with Gasteiger partial charge < -0.3 is 15.0 Å². The van der Waals surface area contributed by atoms with Crippen LogP contribution in [0.3, 0.4) is 0 Å². The number of hydrogen-bond acceptors (Lipinski definition) is 4. The number of H-pyrrole nitrogens is 2. The molecule has 0 saturated carbocycles. The molecule has 2 aromatic heterocycles. The molecule has 0 radical (unpaired) electrons. The number of aromatic nitrogens is 3. The van der Waals surface area contributed by atoms with E-state index in [1.807, 2.05) is 0 Å². The first-order chi connectivity index (χ1) is 9.52. The maximum absolute atomic E-state index is 12.0. The van der Waals surface area contributed by atoms with E-state index in [0.29, 0.717) is 16.9 Å².